The number of rotatable bonds is 4. The van der Waals surface area contributed by atoms with Crippen LogP contribution in [-0.4, -0.2) is 46.5 Å². The van der Waals surface area contributed by atoms with Crippen LogP contribution in [0.5, 0.6) is 0 Å². The number of piperazine rings is 1. The summed E-state index contributed by atoms with van der Waals surface area (Å²) in [7, 11) is 2.01. The first kappa shape index (κ1) is 19.9. The molecule has 1 saturated heterocycles. The molecule has 6 nitrogen and oxygen atoms in total. The van der Waals surface area contributed by atoms with Crippen molar-refractivity contribution in [2.45, 2.75) is 31.3 Å². The molecule has 27 heavy (non-hydrogen) atoms. The van der Waals surface area contributed by atoms with Crippen molar-refractivity contribution in [2.75, 3.05) is 26.2 Å². The molecule has 2 heterocycles. The average Bonchev–Trinajstić information content (AvgIpc) is 3.08. The fourth-order valence-corrected chi connectivity index (χ4v) is 4.22. The van der Waals surface area contributed by atoms with Gasteiger partial charge in [-0.3, -0.25) is 9.69 Å². The van der Waals surface area contributed by atoms with Crippen molar-refractivity contribution in [3.8, 4) is 0 Å². The summed E-state index contributed by atoms with van der Waals surface area (Å²) in [6.07, 6.45) is 7.04. The lowest BCUT2D eigenvalue weighted by molar-refractivity contribution is -0.124. The van der Waals surface area contributed by atoms with Crippen LogP contribution < -0.4 is 10.6 Å². The summed E-state index contributed by atoms with van der Waals surface area (Å²) >= 11 is 0. The summed E-state index contributed by atoms with van der Waals surface area (Å²) in [5.41, 5.74) is 2.66. The molecule has 0 radical (unpaired) electrons. The predicted molar refractivity (Wildman–Crippen MR) is 108 cm³/mol. The molecule has 2 unspecified atom stereocenters. The van der Waals surface area contributed by atoms with Gasteiger partial charge in [-0.15, -0.1) is 12.4 Å². The third-order valence-electron chi connectivity index (χ3n) is 5.56. The molecule has 2 aliphatic rings. The van der Waals surface area contributed by atoms with Crippen LogP contribution in [0.3, 0.4) is 0 Å². The number of amides is 1. The van der Waals surface area contributed by atoms with Crippen LogP contribution >= 0.6 is 12.4 Å². The molecule has 0 bridgehead atoms. The minimum atomic E-state index is 0. The van der Waals surface area contributed by atoms with Crippen molar-refractivity contribution in [1.29, 1.82) is 0 Å². The topological polar surface area (TPSA) is 62.2 Å². The Morgan fingerprint density at radius 2 is 2.22 bits per heavy atom. The highest BCUT2D eigenvalue weighted by molar-refractivity contribution is 5.85. The Morgan fingerprint density at radius 3 is 3.04 bits per heavy atom. The molecule has 1 aliphatic heterocycles. The second-order valence-electron chi connectivity index (χ2n) is 7.30. The van der Waals surface area contributed by atoms with Crippen molar-refractivity contribution in [3.63, 3.8) is 0 Å². The summed E-state index contributed by atoms with van der Waals surface area (Å²) in [4.78, 5) is 19.5. The molecule has 1 fully saturated rings. The van der Waals surface area contributed by atoms with Gasteiger partial charge in [0.15, 0.2) is 0 Å². The van der Waals surface area contributed by atoms with Gasteiger partial charge in [0.1, 0.15) is 5.82 Å². The summed E-state index contributed by atoms with van der Waals surface area (Å²) in [5.74, 6) is 1.11. The van der Waals surface area contributed by atoms with E-state index in [-0.39, 0.29) is 30.4 Å². The van der Waals surface area contributed by atoms with Crippen molar-refractivity contribution < 1.29 is 4.79 Å². The standard InChI is InChI=1S/C20H27N5O.ClH/c1-24-11-10-22-20(24)18-13-21-9-12-25(18)14-19(26)23-17-8-4-6-15-5-2-3-7-16(15)17;/h2-3,5,7,10-11,17-18,21H,4,6,8-9,12-14H2,1H3,(H,23,26);1H. The highest BCUT2D eigenvalue weighted by Crippen LogP contribution is 2.29. The Morgan fingerprint density at radius 1 is 1.37 bits per heavy atom. The Balaban J connectivity index is 0.00000210. The maximum Gasteiger partial charge on any atom is 0.234 e. The summed E-state index contributed by atoms with van der Waals surface area (Å²) in [6.45, 7) is 2.99. The van der Waals surface area contributed by atoms with Crippen LogP contribution in [0.2, 0.25) is 0 Å². The van der Waals surface area contributed by atoms with Crippen molar-refractivity contribution in [3.05, 3.63) is 53.6 Å². The third-order valence-corrected chi connectivity index (χ3v) is 5.56. The number of nitrogens with one attached hydrogen (secondary N) is 2. The summed E-state index contributed by atoms with van der Waals surface area (Å²) < 4.78 is 2.04. The molecule has 1 aliphatic carbocycles. The first-order chi connectivity index (χ1) is 12.7. The van der Waals surface area contributed by atoms with E-state index in [9.17, 15) is 4.79 Å². The molecular formula is C20H28ClN5O. The van der Waals surface area contributed by atoms with E-state index in [1.807, 2.05) is 24.0 Å². The molecule has 2 N–H and O–H groups in total. The van der Waals surface area contributed by atoms with Crippen LogP contribution in [0.1, 0.15) is 41.9 Å². The fourth-order valence-electron chi connectivity index (χ4n) is 4.22. The molecule has 2 atom stereocenters. The zero-order valence-electron chi connectivity index (χ0n) is 15.7. The first-order valence-electron chi connectivity index (χ1n) is 9.51. The minimum Gasteiger partial charge on any atom is -0.348 e. The molecule has 146 valence electrons. The largest absolute Gasteiger partial charge is 0.348 e. The second kappa shape index (κ2) is 8.87. The molecule has 4 rings (SSSR count). The van der Waals surface area contributed by atoms with E-state index in [1.54, 1.807) is 0 Å². The fraction of sp³-hybridized carbons (Fsp3) is 0.500. The number of carbonyl (C=O) groups excluding carboxylic acids is 1. The number of benzene rings is 1. The number of hydrogen-bond acceptors (Lipinski definition) is 4. The van der Waals surface area contributed by atoms with Crippen molar-refractivity contribution >= 4 is 18.3 Å². The quantitative estimate of drug-likeness (QED) is 0.839. The van der Waals surface area contributed by atoms with E-state index in [2.05, 4.69) is 44.8 Å². The van der Waals surface area contributed by atoms with Crippen LogP contribution in [0.25, 0.3) is 0 Å². The van der Waals surface area contributed by atoms with Gasteiger partial charge >= 0.3 is 0 Å². The molecule has 0 spiro atoms. The number of hydrogen-bond donors (Lipinski definition) is 2. The molecule has 0 saturated carbocycles. The van der Waals surface area contributed by atoms with Gasteiger partial charge in [0.25, 0.3) is 0 Å². The number of imidazole rings is 1. The van der Waals surface area contributed by atoms with Crippen LogP contribution in [-0.2, 0) is 18.3 Å². The minimum absolute atomic E-state index is 0. The van der Waals surface area contributed by atoms with Gasteiger partial charge in [0.2, 0.25) is 5.91 Å². The lowest BCUT2D eigenvalue weighted by atomic mass is 9.88. The summed E-state index contributed by atoms with van der Waals surface area (Å²) in [5, 5.41) is 6.70. The number of fused-ring (bicyclic) bond motifs is 1. The molecule has 7 heteroatoms. The first-order valence-corrected chi connectivity index (χ1v) is 9.51. The molecule has 1 aromatic carbocycles. The van der Waals surface area contributed by atoms with E-state index in [0.717, 1.165) is 44.7 Å². The highest BCUT2D eigenvalue weighted by atomic mass is 35.5. The number of aryl methyl sites for hydroxylation is 2. The Hall–Kier alpha value is -1.89. The van der Waals surface area contributed by atoms with Gasteiger partial charge < -0.3 is 15.2 Å². The van der Waals surface area contributed by atoms with Crippen molar-refractivity contribution in [2.24, 2.45) is 7.05 Å². The number of halogens is 1. The number of aromatic nitrogens is 2. The van der Waals surface area contributed by atoms with Crippen LogP contribution in [0, 0.1) is 0 Å². The van der Waals surface area contributed by atoms with E-state index < -0.39 is 0 Å². The number of carbonyl (C=O) groups is 1. The monoisotopic (exact) mass is 389 g/mol. The predicted octanol–water partition coefficient (Wildman–Crippen LogP) is 1.98. The Bertz CT molecular complexity index is 777. The number of nitrogens with zero attached hydrogens (tertiary/aromatic N) is 3. The normalized spacial score (nSPS) is 22.6. The van der Waals surface area contributed by atoms with Gasteiger partial charge in [-0.2, -0.15) is 0 Å². The lowest BCUT2D eigenvalue weighted by Gasteiger charge is -2.35. The molecule has 1 amide bonds. The van der Waals surface area contributed by atoms with E-state index >= 15 is 0 Å². The van der Waals surface area contributed by atoms with Crippen LogP contribution in [0.4, 0.5) is 0 Å². The molecule has 2 aromatic rings. The van der Waals surface area contributed by atoms with Gasteiger partial charge in [-0.05, 0) is 30.4 Å². The zero-order chi connectivity index (χ0) is 17.9. The van der Waals surface area contributed by atoms with E-state index in [4.69, 9.17) is 0 Å². The maximum absolute atomic E-state index is 12.8. The molecular weight excluding hydrogens is 362 g/mol. The second-order valence-corrected chi connectivity index (χ2v) is 7.30. The maximum atomic E-state index is 12.8. The molecule has 1 aromatic heterocycles. The van der Waals surface area contributed by atoms with Crippen molar-refractivity contribution in [1.82, 2.24) is 25.1 Å². The Labute approximate surface area is 166 Å². The SMILES string of the molecule is Cl.Cn1ccnc1C1CNCCN1CC(=O)NC1CCCc2ccccc21. The van der Waals surface area contributed by atoms with E-state index in [1.165, 1.54) is 11.1 Å². The summed E-state index contributed by atoms with van der Waals surface area (Å²) in [6, 6.07) is 8.76. The van der Waals surface area contributed by atoms with Gasteiger partial charge in [0, 0.05) is 39.1 Å². The Kier molecular flexibility index (Phi) is 6.52. The third kappa shape index (κ3) is 4.34. The van der Waals surface area contributed by atoms with E-state index in [0.29, 0.717) is 6.54 Å². The highest BCUT2D eigenvalue weighted by Gasteiger charge is 2.29. The van der Waals surface area contributed by atoms with Gasteiger partial charge in [-0.1, -0.05) is 24.3 Å². The van der Waals surface area contributed by atoms with Crippen LogP contribution in [0.15, 0.2) is 36.7 Å². The smallest absolute Gasteiger partial charge is 0.234 e. The average molecular weight is 390 g/mol. The zero-order valence-corrected chi connectivity index (χ0v) is 16.5. The van der Waals surface area contributed by atoms with Gasteiger partial charge in [-0.25, -0.2) is 4.98 Å². The lowest BCUT2D eigenvalue weighted by Crippen LogP contribution is -2.50. The van der Waals surface area contributed by atoms with Gasteiger partial charge in [0.05, 0.1) is 18.6 Å².